The summed E-state index contributed by atoms with van der Waals surface area (Å²) in [7, 11) is 1.60. The molecule has 0 unspecified atom stereocenters. The molecule has 2 amide bonds. The molecule has 162 valence electrons. The van der Waals surface area contributed by atoms with Gasteiger partial charge in [0.15, 0.2) is 6.61 Å². The van der Waals surface area contributed by atoms with Gasteiger partial charge in [-0.05, 0) is 68.1 Å². The number of ether oxygens (including phenoxy) is 2. The number of aryl methyl sites for hydroxylation is 2. The van der Waals surface area contributed by atoms with Crippen LogP contribution in [0.3, 0.4) is 0 Å². The molecule has 0 spiro atoms. The predicted octanol–water partition coefficient (Wildman–Crippen LogP) is 3.63. The zero-order valence-electron chi connectivity index (χ0n) is 18.5. The number of hydrogen-bond donors (Lipinski definition) is 1. The van der Waals surface area contributed by atoms with E-state index in [1.54, 1.807) is 18.9 Å². The lowest BCUT2D eigenvalue weighted by molar-refractivity contribution is -0.142. The van der Waals surface area contributed by atoms with Crippen molar-refractivity contribution >= 4 is 11.8 Å². The number of nitrogens with one attached hydrogen (secondary N) is 1. The molecule has 30 heavy (non-hydrogen) atoms. The summed E-state index contributed by atoms with van der Waals surface area (Å²) in [5.41, 5.74) is 3.01. The molecular weight excluding hydrogens is 380 g/mol. The topological polar surface area (TPSA) is 67.9 Å². The van der Waals surface area contributed by atoms with E-state index in [4.69, 9.17) is 9.47 Å². The summed E-state index contributed by atoms with van der Waals surface area (Å²) in [5, 5.41) is 2.87. The van der Waals surface area contributed by atoms with Gasteiger partial charge >= 0.3 is 0 Å². The minimum atomic E-state index is -0.627. The summed E-state index contributed by atoms with van der Waals surface area (Å²) >= 11 is 0. The Morgan fingerprint density at radius 3 is 2.40 bits per heavy atom. The molecule has 2 aromatic carbocycles. The van der Waals surface area contributed by atoms with E-state index in [9.17, 15) is 9.59 Å². The van der Waals surface area contributed by atoms with Crippen molar-refractivity contribution in [3.05, 3.63) is 59.2 Å². The lowest BCUT2D eigenvalue weighted by Gasteiger charge is -2.29. The summed E-state index contributed by atoms with van der Waals surface area (Å²) in [6.45, 7) is 8.41. The number of amides is 2. The quantitative estimate of drug-likeness (QED) is 0.647. The summed E-state index contributed by atoms with van der Waals surface area (Å²) < 4.78 is 11.0. The maximum Gasteiger partial charge on any atom is 0.261 e. The van der Waals surface area contributed by atoms with E-state index in [1.807, 2.05) is 63.2 Å². The Labute approximate surface area is 179 Å². The van der Waals surface area contributed by atoms with Gasteiger partial charge in [0.2, 0.25) is 5.91 Å². The van der Waals surface area contributed by atoms with Crippen molar-refractivity contribution in [2.45, 2.75) is 46.7 Å². The van der Waals surface area contributed by atoms with Gasteiger partial charge in [-0.25, -0.2) is 0 Å². The zero-order chi connectivity index (χ0) is 22.1. The molecular formula is C24H32N2O4. The van der Waals surface area contributed by atoms with Gasteiger partial charge in [0.25, 0.3) is 5.91 Å². The van der Waals surface area contributed by atoms with Crippen molar-refractivity contribution < 1.29 is 19.1 Å². The van der Waals surface area contributed by atoms with Crippen molar-refractivity contribution in [2.24, 2.45) is 0 Å². The first-order chi connectivity index (χ1) is 14.3. The Morgan fingerprint density at radius 2 is 1.77 bits per heavy atom. The molecule has 0 bridgehead atoms. The number of hydrogen-bond acceptors (Lipinski definition) is 4. The van der Waals surface area contributed by atoms with Crippen molar-refractivity contribution in [1.82, 2.24) is 10.2 Å². The molecule has 6 heteroatoms. The Morgan fingerprint density at radius 1 is 1.07 bits per heavy atom. The molecule has 2 aromatic rings. The average Bonchev–Trinajstić information content (AvgIpc) is 2.73. The second-order valence-corrected chi connectivity index (χ2v) is 7.45. The van der Waals surface area contributed by atoms with Crippen molar-refractivity contribution in [2.75, 3.05) is 20.3 Å². The number of nitrogens with zero attached hydrogens (tertiary/aromatic N) is 1. The van der Waals surface area contributed by atoms with E-state index in [2.05, 4.69) is 5.32 Å². The highest BCUT2D eigenvalue weighted by Gasteiger charge is 2.26. The minimum Gasteiger partial charge on any atom is -0.497 e. The lowest BCUT2D eigenvalue weighted by Crippen LogP contribution is -2.49. The Kier molecular flexibility index (Phi) is 8.71. The Hall–Kier alpha value is -3.02. The first kappa shape index (κ1) is 23.3. The molecule has 0 aliphatic heterocycles. The summed E-state index contributed by atoms with van der Waals surface area (Å²) in [5.74, 6) is 0.912. The first-order valence-corrected chi connectivity index (χ1v) is 10.2. The van der Waals surface area contributed by atoms with Gasteiger partial charge in [-0.1, -0.05) is 25.1 Å². The fourth-order valence-electron chi connectivity index (χ4n) is 3.19. The SMILES string of the molecule is CCCNC(=O)[C@@H](C)N(Cc1cccc(OC)c1)C(=O)COc1cc(C)cc(C)c1. The Bertz CT molecular complexity index is 846. The molecule has 0 fully saturated rings. The molecule has 0 aliphatic carbocycles. The molecule has 0 saturated heterocycles. The number of rotatable bonds is 10. The molecule has 0 aromatic heterocycles. The smallest absolute Gasteiger partial charge is 0.261 e. The van der Waals surface area contributed by atoms with E-state index >= 15 is 0 Å². The molecule has 6 nitrogen and oxygen atoms in total. The third kappa shape index (κ3) is 6.79. The van der Waals surface area contributed by atoms with Crippen LogP contribution in [-0.4, -0.2) is 43.0 Å². The fourth-order valence-corrected chi connectivity index (χ4v) is 3.19. The van der Waals surface area contributed by atoms with E-state index in [0.717, 1.165) is 23.1 Å². The number of carbonyl (C=O) groups excluding carboxylic acids is 2. The highest BCUT2D eigenvalue weighted by Crippen LogP contribution is 2.18. The molecule has 2 rings (SSSR count). The normalized spacial score (nSPS) is 11.5. The van der Waals surface area contributed by atoms with Crippen LogP contribution >= 0.6 is 0 Å². The zero-order valence-corrected chi connectivity index (χ0v) is 18.5. The molecule has 0 saturated carbocycles. The van der Waals surface area contributed by atoms with E-state index in [0.29, 0.717) is 18.0 Å². The van der Waals surface area contributed by atoms with Crippen LogP contribution in [0.5, 0.6) is 11.5 Å². The van der Waals surface area contributed by atoms with Crippen molar-refractivity contribution in [1.29, 1.82) is 0 Å². The lowest BCUT2D eigenvalue weighted by atomic mass is 10.1. The van der Waals surface area contributed by atoms with Gasteiger partial charge in [0, 0.05) is 13.1 Å². The van der Waals surface area contributed by atoms with Crippen LogP contribution in [-0.2, 0) is 16.1 Å². The van der Waals surface area contributed by atoms with Gasteiger partial charge in [-0.15, -0.1) is 0 Å². The van der Waals surface area contributed by atoms with Gasteiger partial charge in [-0.3, -0.25) is 9.59 Å². The Balaban J connectivity index is 2.17. The molecule has 1 N–H and O–H groups in total. The van der Waals surface area contributed by atoms with Crippen molar-refractivity contribution in [3.63, 3.8) is 0 Å². The average molecular weight is 413 g/mol. The fraction of sp³-hybridized carbons (Fsp3) is 0.417. The van der Waals surface area contributed by atoms with Crippen LogP contribution < -0.4 is 14.8 Å². The number of carbonyl (C=O) groups is 2. The van der Waals surface area contributed by atoms with Crippen LogP contribution in [0.4, 0.5) is 0 Å². The first-order valence-electron chi connectivity index (χ1n) is 10.2. The van der Waals surface area contributed by atoms with E-state index in [-0.39, 0.29) is 25.0 Å². The monoisotopic (exact) mass is 412 g/mol. The van der Waals surface area contributed by atoms with Gasteiger partial charge in [0.1, 0.15) is 17.5 Å². The van der Waals surface area contributed by atoms with Crippen LogP contribution in [0.1, 0.15) is 37.0 Å². The third-order valence-corrected chi connectivity index (χ3v) is 4.76. The van der Waals surface area contributed by atoms with Gasteiger partial charge in [-0.2, -0.15) is 0 Å². The maximum atomic E-state index is 13.1. The molecule has 0 heterocycles. The van der Waals surface area contributed by atoms with E-state index < -0.39 is 6.04 Å². The van der Waals surface area contributed by atoms with E-state index in [1.165, 1.54) is 0 Å². The number of benzene rings is 2. The van der Waals surface area contributed by atoms with Gasteiger partial charge < -0.3 is 19.7 Å². The molecule has 0 radical (unpaired) electrons. The van der Waals surface area contributed by atoms with Crippen LogP contribution in [0.2, 0.25) is 0 Å². The van der Waals surface area contributed by atoms with Crippen LogP contribution in [0.25, 0.3) is 0 Å². The standard InChI is InChI=1S/C24H32N2O4/c1-6-10-25-24(28)19(4)26(15-20-8-7-9-21(14-20)29-5)23(27)16-30-22-12-17(2)11-18(3)13-22/h7-9,11-14,19H,6,10,15-16H2,1-5H3,(H,25,28)/t19-/m1/s1. The highest BCUT2D eigenvalue weighted by molar-refractivity contribution is 5.87. The van der Waals surface area contributed by atoms with Crippen LogP contribution in [0, 0.1) is 13.8 Å². The molecule has 1 atom stereocenters. The highest BCUT2D eigenvalue weighted by atomic mass is 16.5. The molecule has 0 aliphatic rings. The third-order valence-electron chi connectivity index (χ3n) is 4.76. The van der Waals surface area contributed by atoms with Crippen molar-refractivity contribution in [3.8, 4) is 11.5 Å². The largest absolute Gasteiger partial charge is 0.497 e. The predicted molar refractivity (Wildman–Crippen MR) is 118 cm³/mol. The maximum absolute atomic E-state index is 13.1. The summed E-state index contributed by atoms with van der Waals surface area (Å²) in [6, 6.07) is 12.7. The summed E-state index contributed by atoms with van der Waals surface area (Å²) in [4.78, 5) is 27.2. The van der Waals surface area contributed by atoms with Crippen LogP contribution in [0.15, 0.2) is 42.5 Å². The van der Waals surface area contributed by atoms with Gasteiger partial charge in [0.05, 0.1) is 7.11 Å². The second-order valence-electron chi connectivity index (χ2n) is 7.45. The second kappa shape index (κ2) is 11.2. The number of methoxy groups -OCH3 is 1. The minimum absolute atomic E-state index is 0.141. The summed E-state index contributed by atoms with van der Waals surface area (Å²) in [6.07, 6.45) is 0.831.